The molecule has 3 amide bonds. The summed E-state index contributed by atoms with van der Waals surface area (Å²) in [6.45, 7) is 0.640. The molecule has 10 heteroatoms. The molecule has 1 saturated heterocycles. The van der Waals surface area contributed by atoms with Crippen molar-refractivity contribution in [2.75, 3.05) is 18.4 Å². The number of nitrogens with two attached hydrogens (primary N) is 1. The largest absolute Gasteiger partial charge is 0.369 e. The van der Waals surface area contributed by atoms with E-state index in [0.29, 0.717) is 23.9 Å². The summed E-state index contributed by atoms with van der Waals surface area (Å²) < 4.78 is 0. The number of carbonyl (C=O) groups excluding carboxylic acids is 3. The van der Waals surface area contributed by atoms with E-state index in [1.807, 2.05) is 0 Å². The predicted molar refractivity (Wildman–Crippen MR) is 85.1 cm³/mol. The standard InChI is InChI=1S/C14H14N6O3S/c15-11(21)3-9-7-24-14(18-9)19-12(22)8-5-20(6-8)13(23)10-4-16-1-2-17-10/h1-2,4,7-8H,3,5-6H2,(H2,15,21)(H,18,19,22). The molecule has 9 nitrogen and oxygen atoms in total. The molecule has 3 rings (SSSR count). The monoisotopic (exact) mass is 346 g/mol. The Balaban J connectivity index is 1.51. The zero-order chi connectivity index (χ0) is 17.1. The van der Waals surface area contributed by atoms with E-state index in [0.717, 1.165) is 0 Å². The van der Waals surface area contributed by atoms with Crippen molar-refractivity contribution >= 4 is 34.2 Å². The number of likely N-dealkylation sites (tertiary alicyclic amines) is 1. The van der Waals surface area contributed by atoms with E-state index in [-0.39, 0.29) is 29.8 Å². The Morgan fingerprint density at radius 3 is 2.79 bits per heavy atom. The summed E-state index contributed by atoms with van der Waals surface area (Å²) in [5.74, 6) is -1.23. The highest BCUT2D eigenvalue weighted by atomic mass is 32.1. The Bertz CT molecular complexity index is 772. The van der Waals surface area contributed by atoms with Gasteiger partial charge in [0.15, 0.2) is 5.13 Å². The van der Waals surface area contributed by atoms with Crippen LogP contribution < -0.4 is 11.1 Å². The number of rotatable bonds is 5. The molecule has 0 aromatic carbocycles. The van der Waals surface area contributed by atoms with Crippen molar-refractivity contribution in [3.8, 4) is 0 Å². The molecular weight excluding hydrogens is 332 g/mol. The number of nitrogens with one attached hydrogen (secondary N) is 1. The molecular formula is C14H14N6O3S. The number of carbonyl (C=O) groups is 3. The van der Waals surface area contributed by atoms with Crippen molar-refractivity contribution in [1.29, 1.82) is 0 Å². The molecule has 124 valence electrons. The summed E-state index contributed by atoms with van der Waals surface area (Å²) in [6, 6.07) is 0. The average molecular weight is 346 g/mol. The Morgan fingerprint density at radius 1 is 1.33 bits per heavy atom. The van der Waals surface area contributed by atoms with Gasteiger partial charge in [0.25, 0.3) is 5.91 Å². The van der Waals surface area contributed by atoms with Gasteiger partial charge in [0.1, 0.15) is 5.69 Å². The molecule has 0 atom stereocenters. The lowest BCUT2D eigenvalue weighted by atomic mass is 9.99. The topological polar surface area (TPSA) is 131 Å². The Hall–Kier alpha value is -2.88. The van der Waals surface area contributed by atoms with E-state index < -0.39 is 5.91 Å². The van der Waals surface area contributed by atoms with Crippen LogP contribution in [0.2, 0.25) is 0 Å². The van der Waals surface area contributed by atoms with Crippen molar-refractivity contribution < 1.29 is 14.4 Å². The smallest absolute Gasteiger partial charge is 0.274 e. The normalized spacial score (nSPS) is 14.1. The lowest BCUT2D eigenvalue weighted by Crippen LogP contribution is -2.54. The van der Waals surface area contributed by atoms with Gasteiger partial charge in [-0.3, -0.25) is 19.4 Å². The highest BCUT2D eigenvalue weighted by molar-refractivity contribution is 7.13. The highest BCUT2D eigenvalue weighted by Gasteiger charge is 2.36. The molecule has 0 unspecified atom stereocenters. The van der Waals surface area contributed by atoms with E-state index in [1.165, 1.54) is 34.8 Å². The number of thiazole rings is 1. The van der Waals surface area contributed by atoms with Gasteiger partial charge >= 0.3 is 0 Å². The first kappa shape index (κ1) is 16.0. The molecule has 2 aromatic heterocycles. The maximum Gasteiger partial charge on any atom is 0.274 e. The maximum atomic E-state index is 12.1. The van der Waals surface area contributed by atoms with Crippen LogP contribution in [-0.2, 0) is 16.0 Å². The quantitative estimate of drug-likeness (QED) is 0.762. The van der Waals surface area contributed by atoms with Crippen LogP contribution >= 0.6 is 11.3 Å². The van der Waals surface area contributed by atoms with Gasteiger partial charge in [-0.15, -0.1) is 11.3 Å². The fourth-order valence-electron chi connectivity index (χ4n) is 2.21. The van der Waals surface area contributed by atoms with Crippen LogP contribution in [-0.4, -0.2) is 50.7 Å². The lowest BCUT2D eigenvalue weighted by molar-refractivity contribution is -0.123. The van der Waals surface area contributed by atoms with Gasteiger partial charge in [-0.25, -0.2) is 9.97 Å². The molecule has 2 aromatic rings. The van der Waals surface area contributed by atoms with Gasteiger partial charge < -0.3 is 16.0 Å². The lowest BCUT2D eigenvalue weighted by Gasteiger charge is -2.37. The van der Waals surface area contributed by atoms with Gasteiger partial charge in [0.2, 0.25) is 11.8 Å². The van der Waals surface area contributed by atoms with Crippen LogP contribution in [0.15, 0.2) is 24.0 Å². The van der Waals surface area contributed by atoms with E-state index in [2.05, 4.69) is 20.3 Å². The summed E-state index contributed by atoms with van der Waals surface area (Å²) in [5.41, 5.74) is 5.88. The number of hydrogen-bond acceptors (Lipinski definition) is 7. The highest BCUT2D eigenvalue weighted by Crippen LogP contribution is 2.21. The summed E-state index contributed by atoms with van der Waals surface area (Å²) in [5, 5.41) is 4.77. The molecule has 3 heterocycles. The van der Waals surface area contributed by atoms with Crippen LogP contribution in [0.5, 0.6) is 0 Å². The first-order valence-electron chi connectivity index (χ1n) is 7.12. The fraction of sp³-hybridized carbons (Fsp3) is 0.286. The summed E-state index contributed by atoms with van der Waals surface area (Å²) in [7, 11) is 0. The van der Waals surface area contributed by atoms with Crippen LogP contribution in [0.25, 0.3) is 0 Å². The molecule has 1 aliphatic heterocycles. The third-order valence-electron chi connectivity index (χ3n) is 3.46. The Kier molecular flexibility index (Phi) is 4.47. The fourth-order valence-corrected chi connectivity index (χ4v) is 2.93. The zero-order valence-corrected chi connectivity index (χ0v) is 13.3. The number of anilines is 1. The zero-order valence-electron chi connectivity index (χ0n) is 12.5. The summed E-state index contributed by atoms with van der Waals surface area (Å²) >= 11 is 1.23. The third-order valence-corrected chi connectivity index (χ3v) is 4.27. The predicted octanol–water partition coefficient (Wildman–Crippen LogP) is -0.328. The second-order valence-corrected chi connectivity index (χ2v) is 6.13. The first-order valence-corrected chi connectivity index (χ1v) is 7.99. The van der Waals surface area contributed by atoms with Crippen LogP contribution in [0.4, 0.5) is 5.13 Å². The van der Waals surface area contributed by atoms with Crippen molar-refractivity contribution in [2.24, 2.45) is 11.7 Å². The van der Waals surface area contributed by atoms with Crippen molar-refractivity contribution in [3.05, 3.63) is 35.4 Å². The molecule has 3 N–H and O–H groups in total. The number of hydrogen-bond donors (Lipinski definition) is 2. The number of aromatic nitrogens is 3. The van der Waals surface area contributed by atoms with E-state index in [9.17, 15) is 14.4 Å². The van der Waals surface area contributed by atoms with Gasteiger partial charge in [-0.1, -0.05) is 0 Å². The summed E-state index contributed by atoms with van der Waals surface area (Å²) in [4.78, 5) is 48.5. The third kappa shape index (κ3) is 3.54. The molecule has 0 spiro atoms. The Labute approximate surface area is 140 Å². The minimum Gasteiger partial charge on any atom is -0.369 e. The van der Waals surface area contributed by atoms with Crippen molar-refractivity contribution in [1.82, 2.24) is 19.9 Å². The summed E-state index contributed by atoms with van der Waals surface area (Å²) in [6.07, 6.45) is 4.37. The second kappa shape index (κ2) is 6.71. The average Bonchev–Trinajstić information content (AvgIpc) is 2.92. The molecule has 24 heavy (non-hydrogen) atoms. The minimum atomic E-state index is -0.477. The van der Waals surface area contributed by atoms with Crippen LogP contribution in [0.3, 0.4) is 0 Å². The SMILES string of the molecule is NC(=O)Cc1csc(NC(=O)C2CN(C(=O)c3cnccn3)C2)n1. The maximum absolute atomic E-state index is 12.1. The second-order valence-electron chi connectivity index (χ2n) is 5.27. The molecule has 1 aliphatic rings. The number of primary amides is 1. The van der Waals surface area contributed by atoms with Gasteiger partial charge in [0.05, 0.1) is 24.2 Å². The molecule has 0 bridgehead atoms. The van der Waals surface area contributed by atoms with Crippen LogP contribution in [0.1, 0.15) is 16.2 Å². The van der Waals surface area contributed by atoms with E-state index in [1.54, 1.807) is 5.38 Å². The van der Waals surface area contributed by atoms with Crippen LogP contribution in [0, 0.1) is 5.92 Å². The molecule has 1 fully saturated rings. The number of amides is 3. The molecule has 0 saturated carbocycles. The minimum absolute atomic E-state index is 0.0379. The van der Waals surface area contributed by atoms with Crippen molar-refractivity contribution in [2.45, 2.75) is 6.42 Å². The first-order chi connectivity index (χ1) is 11.5. The van der Waals surface area contributed by atoms with E-state index >= 15 is 0 Å². The number of nitrogens with zero attached hydrogens (tertiary/aromatic N) is 4. The molecule has 0 radical (unpaired) electrons. The Morgan fingerprint density at radius 2 is 2.12 bits per heavy atom. The van der Waals surface area contributed by atoms with E-state index in [4.69, 9.17) is 5.73 Å². The van der Waals surface area contributed by atoms with Crippen molar-refractivity contribution in [3.63, 3.8) is 0 Å². The van der Waals surface area contributed by atoms with Gasteiger partial charge in [-0.2, -0.15) is 0 Å². The van der Waals surface area contributed by atoms with Gasteiger partial charge in [0, 0.05) is 30.9 Å². The van der Waals surface area contributed by atoms with Gasteiger partial charge in [-0.05, 0) is 0 Å². The molecule has 0 aliphatic carbocycles.